The third-order valence-electron chi connectivity index (χ3n) is 5.57. The van der Waals surface area contributed by atoms with Gasteiger partial charge in [-0.25, -0.2) is 0 Å². The summed E-state index contributed by atoms with van der Waals surface area (Å²) in [6.07, 6.45) is 2.92. The zero-order valence-corrected chi connectivity index (χ0v) is 17.0. The van der Waals surface area contributed by atoms with E-state index in [4.69, 9.17) is 14.0 Å². The van der Waals surface area contributed by atoms with E-state index >= 15 is 0 Å². The number of aryl methyl sites for hydroxylation is 1. The number of carbonyl (C=O) groups is 1. The molecule has 156 valence electrons. The number of amides is 1. The number of fused-ring (bicyclic) bond motifs is 1. The molecular formula is C21H28N4O4. The van der Waals surface area contributed by atoms with Gasteiger partial charge in [0.1, 0.15) is 5.75 Å². The minimum atomic E-state index is 0.0771. The molecule has 0 unspecified atom stereocenters. The SMILES string of the molecule is COc1ccccc1-c1noc(CCCC(=O)N[C@@H]2C[C@H]3CO[C@H](C)CN3C2)n1. The van der Waals surface area contributed by atoms with Crippen molar-refractivity contribution in [3.63, 3.8) is 0 Å². The van der Waals surface area contributed by atoms with Gasteiger partial charge in [-0.15, -0.1) is 0 Å². The first-order valence-electron chi connectivity index (χ1n) is 10.2. The second kappa shape index (κ2) is 8.92. The third kappa shape index (κ3) is 4.76. The predicted molar refractivity (Wildman–Crippen MR) is 107 cm³/mol. The number of hydrogen-bond donors (Lipinski definition) is 1. The number of ether oxygens (including phenoxy) is 2. The number of rotatable bonds is 7. The normalized spacial score (nSPS) is 24.3. The maximum Gasteiger partial charge on any atom is 0.226 e. The van der Waals surface area contributed by atoms with Crippen molar-refractivity contribution >= 4 is 5.91 Å². The lowest BCUT2D eigenvalue weighted by molar-refractivity contribution is -0.121. The molecule has 2 aliphatic rings. The first kappa shape index (κ1) is 19.8. The Balaban J connectivity index is 1.23. The van der Waals surface area contributed by atoms with Gasteiger partial charge in [-0.05, 0) is 31.9 Å². The number of methoxy groups -OCH3 is 1. The average Bonchev–Trinajstić information content (AvgIpc) is 3.34. The number of nitrogens with one attached hydrogen (secondary N) is 1. The lowest BCUT2D eigenvalue weighted by Gasteiger charge is -2.33. The van der Waals surface area contributed by atoms with Crippen LogP contribution in [-0.4, -0.2) is 65.9 Å². The molecule has 1 aromatic heterocycles. The van der Waals surface area contributed by atoms with Gasteiger partial charge in [0, 0.05) is 38.0 Å². The summed E-state index contributed by atoms with van der Waals surface area (Å²) in [6, 6.07) is 8.19. The summed E-state index contributed by atoms with van der Waals surface area (Å²) in [7, 11) is 1.61. The quantitative estimate of drug-likeness (QED) is 0.761. The van der Waals surface area contributed by atoms with Crippen molar-refractivity contribution in [2.45, 2.75) is 50.8 Å². The fraction of sp³-hybridized carbons (Fsp3) is 0.571. The van der Waals surface area contributed by atoms with Gasteiger partial charge >= 0.3 is 0 Å². The molecule has 1 amide bonds. The van der Waals surface area contributed by atoms with Gasteiger partial charge in [0.05, 0.1) is 25.4 Å². The molecule has 3 atom stereocenters. The highest BCUT2D eigenvalue weighted by molar-refractivity contribution is 5.76. The fourth-order valence-corrected chi connectivity index (χ4v) is 4.14. The summed E-state index contributed by atoms with van der Waals surface area (Å²) in [5.41, 5.74) is 0.791. The largest absolute Gasteiger partial charge is 0.496 e. The van der Waals surface area contributed by atoms with Crippen LogP contribution in [0, 0.1) is 0 Å². The second-order valence-electron chi connectivity index (χ2n) is 7.82. The highest BCUT2D eigenvalue weighted by atomic mass is 16.5. The van der Waals surface area contributed by atoms with E-state index in [1.165, 1.54) is 0 Å². The first-order valence-corrected chi connectivity index (χ1v) is 10.2. The van der Waals surface area contributed by atoms with Crippen molar-refractivity contribution < 1.29 is 18.8 Å². The third-order valence-corrected chi connectivity index (χ3v) is 5.57. The molecule has 1 aromatic carbocycles. The monoisotopic (exact) mass is 400 g/mol. The van der Waals surface area contributed by atoms with E-state index in [1.54, 1.807) is 7.11 Å². The molecule has 2 aliphatic heterocycles. The standard InChI is InChI=1S/C21H28N4O4/c1-14-11-25-12-15(10-16(25)13-28-14)22-19(26)8-5-9-20-23-21(24-29-20)17-6-3-4-7-18(17)27-2/h3-4,6-7,14-16H,5,8-13H2,1-2H3,(H,22,26)/t14-,15-,16+/m1/s1. The van der Waals surface area contributed by atoms with Crippen molar-refractivity contribution in [2.24, 2.45) is 0 Å². The van der Waals surface area contributed by atoms with Crippen molar-refractivity contribution in [2.75, 3.05) is 26.8 Å². The van der Waals surface area contributed by atoms with E-state index in [1.807, 2.05) is 24.3 Å². The number of morpholine rings is 1. The maximum absolute atomic E-state index is 12.3. The number of aromatic nitrogens is 2. The zero-order chi connectivity index (χ0) is 20.2. The minimum absolute atomic E-state index is 0.0771. The average molecular weight is 400 g/mol. The van der Waals surface area contributed by atoms with Gasteiger partial charge in [-0.3, -0.25) is 9.69 Å². The molecule has 0 bridgehead atoms. The van der Waals surface area contributed by atoms with Crippen molar-refractivity contribution in [3.8, 4) is 17.1 Å². The summed E-state index contributed by atoms with van der Waals surface area (Å²) in [4.78, 5) is 19.2. The molecule has 8 heteroatoms. The van der Waals surface area contributed by atoms with E-state index in [-0.39, 0.29) is 18.1 Å². The molecule has 0 aliphatic carbocycles. The summed E-state index contributed by atoms with van der Waals surface area (Å²) in [5.74, 6) is 1.81. The molecule has 0 radical (unpaired) electrons. The van der Waals surface area contributed by atoms with Crippen LogP contribution in [-0.2, 0) is 16.0 Å². The molecule has 8 nitrogen and oxygen atoms in total. The Morgan fingerprint density at radius 1 is 1.34 bits per heavy atom. The van der Waals surface area contributed by atoms with Crippen LogP contribution in [0.15, 0.2) is 28.8 Å². The molecule has 4 rings (SSSR count). The van der Waals surface area contributed by atoms with Crippen LogP contribution >= 0.6 is 0 Å². The summed E-state index contributed by atoms with van der Waals surface area (Å²) >= 11 is 0. The van der Waals surface area contributed by atoms with Crippen LogP contribution in [0.25, 0.3) is 11.4 Å². The summed E-state index contributed by atoms with van der Waals surface area (Å²) in [5, 5.41) is 7.20. The van der Waals surface area contributed by atoms with E-state index in [9.17, 15) is 4.79 Å². The number of carbonyl (C=O) groups excluding carboxylic acids is 1. The molecule has 0 spiro atoms. The fourth-order valence-electron chi connectivity index (χ4n) is 4.14. The Labute approximate surface area is 170 Å². The predicted octanol–water partition coefficient (Wildman–Crippen LogP) is 2.05. The second-order valence-corrected chi connectivity index (χ2v) is 7.82. The van der Waals surface area contributed by atoms with Crippen LogP contribution < -0.4 is 10.1 Å². The molecule has 0 saturated carbocycles. The number of hydrogen-bond acceptors (Lipinski definition) is 7. The molecule has 2 aromatic rings. The minimum Gasteiger partial charge on any atom is -0.496 e. The van der Waals surface area contributed by atoms with Gasteiger partial charge in [0.15, 0.2) is 0 Å². The number of nitrogens with zero attached hydrogens (tertiary/aromatic N) is 3. The van der Waals surface area contributed by atoms with Crippen molar-refractivity contribution in [1.82, 2.24) is 20.4 Å². The Hall–Kier alpha value is -2.45. The van der Waals surface area contributed by atoms with E-state index in [0.29, 0.717) is 42.8 Å². The van der Waals surface area contributed by atoms with Gasteiger partial charge in [-0.1, -0.05) is 17.3 Å². The van der Waals surface area contributed by atoms with Gasteiger partial charge in [0.2, 0.25) is 17.6 Å². The molecule has 3 heterocycles. The Kier molecular flexibility index (Phi) is 6.10. The van der Waals surface area contributed by atoms with E-state index in [0.717, 1.165) is 31.7 Å². The molecule has 29 heavy (non-hydrogen) atoms. The first-order chi connectivity index (χ1) is 14.1. The van der Waals surface area contributed by atoms with Crippen molar-refractivity contribution in [3.05, 3.63) is 30.2 Å². The van der Waals surface area contributed by atoms with Crippen LogP contribution in [0.2, 0.25) is 0 Å². The lowest BCUT2D eigenvalue weighted by atomic mass is 10.1. The number of para-hydroxylation sites is 1. The van der Waals surface area contributed by atoms with Crippen molar-refractivity contribution in [1.29, 1.82) is 0 Å². The van der Waals surface area contributed by atoms with Crippen LogP contribution in [0.4, 0.5) is 0 Å². The number of benzene rings is 1. The lowest BCUT2D eigenvalue weighted by Crippen LogP contribution is -2.45. The Morgan fingerprint density at radius 3 is 3.07 bits per heavy atom. The Morgan fingerprint density at radius 2 is 2.21 bits per heavy atom. The zero-order valence-electron chi connectivity index (χ0n) is 17.0. The van der Waals surface area contributed by atoms with Crippen LogP contribution in [0.1, 0.15) is 32.1 Å². The smallest absolute Gasteiger partial charge is 0.226 e. The summed E-state index contributed by atoms with van der Waals surface area (Å²) < 4.78 is 16.4. The van der Waals surface area contributed by atoms with Crippen LogP contribution in [0.5, 0.6) is 5.75 Å². The van der Waals surface area contributed by atoms with E-state index in [2.05, 4.69) is 27.3 Å². The summed E-state index contributed by atoms with van der Waals surface area (Å²) in [6.45, 7) is 4.72. The molecule has 2 fully saturated rings. The van der Waals surface area contributed by atoms with Crippen LogP contribution in [0.3, 0.4) is 0 Å². The molecule has 2 saturated heterocycles. The van der Waals surface area contributed by atoms with Gasteiger partial charge in [-0.2, -0.15) is 4.98 Å². The Bertz CT molecular complexity index is 840. The maximum atomic E-state index is 12.3. The topological polar surface area (TPSA) is 89.7 Å². The highest BCUT2D eigenvalue weighted by Crippen LogP contribution is 2.27. The van der Waals surface area contributed by atoms with Gasteiger partial charge in [0.25, 0.3) is 0 Å². The van der Waals surface area contributed by atoms with Gasteiger partial charge < -0.3 is 19.3 Å². The van der Waals surface area contributed by atoms with E-state index < -0.39 is 0 Å². The highest BCUT2D eigenvalue weighted by Gasteiger charge is 2.36. The molecular weight excluding hydrogens is 372 g/mol. The molecule has 1 N–H and O–H groups in total.